The number of hydrogen-bond donors (Lipinski definition) is 0. The molecule has 1 saturated heterocycles. The normalized spacial score (nSPS) is 15.2. The molecule has 0 aromatic carbocycles. The minimum absolute atomic E-state index is 0.253. The van der Waals surface area contributed by atoms with E-state index in [1.807, 2.05) is 0 Å². The topological polar surface area (TPSA) is 38.8 Å². The van der Waals surface area contributed by atoms with Crippen LogP contribution < -0.4 is 0 Å². The molecule has 1 heterocycles. The number of ketones is 1. The minimum atomic E-state index is 0.253. The van der Waals surface area contributed by atoms with Crippen LogP contribution in [0, 0.1) is 0 Å². The molecule has 0 aliphatic carbocycles. The zero-order valence-electron chi connectivity index (χ0n) is 18.7. The molecule has 1 aliphatic heterocycles. The molecular formula is C24H47NO3. The lowest BCUT2D eigenvalue weighted by Gasteiger charge is -2.25. The van der Waals surface area contributed by atoms with E-state index in [-0.39, 0.29) is 12.4 Å². The summed E-state index contributed by atoms with van der Waals surface area (Å²) in [5, 5.41) is 0. The Labute approximate surface area is 174 Å². The van der Waals surface area contributed by atoms with Gasteiger partial charge < -0.3 is 9.47 Å². The first-order valence-electron chi connectivity index (χ1n) is 12.2. The number of rotatable bonds is 20. The lowest BCUT2D eigenvalue weighted by Crippen LogP contribution is -2.38. The van der Waals surface area contributed by atoms with E-state index in [1.54, 1.807) is 0 Å². The molecule has 1 rings (SSSR count). The van der Waals surface area contributed by atoms with Crippen molar-refractivity contribution >= 4 is 5.78 Å². The molecule has 4 nitrogen and oxygen atoms in total. The molecule has 0 radical (unpaired) electrons. The third kappa shape index (κ3) is 16.5. The van der Waals surface area contributed by atoms with Crippen molar-refractivity contribution in [3.8, 4) is 0 Å². The van der Waals surface area contributed by atoms with Gasteiger partial charge in [0.2, 0.25) is 0 Å². The molecule has 0 aromatic rings. The van der Waals surface area contributed by atoms with Gasteiger partial charge in [0, 0.05) is 19.5 Å². The summed E-state index contributed by atoms with van der Waals surface area (Å²) in [5.74, 6) is 0.253. The highest BCUT2D eigenvalue weighted by Crippen LogP contribution is 2.13. The van der Waals surface area contributed by atoms with Crippen molar-refractivity contribution in [3.05, 3.63) is 0 Å². The Kier molecular flexibility index (Phi) is 18.1. The summed E-state index contributed by atoms with van der Waals surface area (Å²) in [6, 6.07) is 0. The van der Waals surface area contributed by atoms with E-state index in [2.05, 4.69) is 11.8 Å². The zero-order chi connectivity index (χ0) is 20.1. The third-order valence-corrected chi connectivity index (χ3v) is 5.70. The van der Waals surface area contributed by atoms with Crippen LogP contribution in [-0.4, -0.2) is 50.3 Å². The van der Waals surface area contributed by atoms with E-state index < -0.39 is 0 Å². The quantitative estimate of drug-likeness (QED) is 0.232. The Morgan fingerprint density at radius 2 is 1.21 bits per heavy atom. The SMILES string of the molecule is CCCCCCCCCCCCCCCCCC(=O)COCN1CCOCC1. The Balaban J connectivity index is 1.72. The lowest BCUT2D eigenvalue weighted by molar-refractivity contribution is -0.126. The third-order valence-electron chi connectivity index (χ3n) is 5.70. The summed E-state index contributed by atoms with van der Waals surface area (Å²) >= 11 is 0. The molecule has 0 spiro atoms. The van der Waals surface area contributed by atoms with Crippen LogP contribution in [-0.2, 0) is 14.3 Å². The molecule has 166 valence electrons. The highest BCUT2D eigenvalue weighted by Gasteiger charge is 2.10. The van der Waals surface area contributed by atoms with Crippen LogP contribution in [0.15, 0.2) is 0 Å². The Morgan fingerprint density at radius 3 is 1.71 bits per heavy atom. The van der Waals surface area contributed by atoms with Crippen molar-refractivity contribution in [1.29, 1.82) is 0 Å². The Bertz CT molecular complexity index is 343. The molecule has 1 fully saturated rings. The van der Waals surface area contributed by atoms with Crippen LogP contribution in [0.5, 0.6) is 0 Å². The van der Waals surface area contributed by atoms with Crippen LogP contribution in [0.3, 0.4) is 0 Å². The van der Waals surface area contributed by atoms with E-state index in [0.717, 1.165) is 32.7 Å². The number of morpholine rings is 1. The average molecular weight is 398 g/mol. The van der Waals surface area contributed by atoms with Gasteiger partial charge in [-0.3, -0.25) is 9.69 Å². The molecule has 1 aliphatic rings. The van der Waals surface area contributed by atoms with Crippen molar-refractivity contribution in [2.75, 3.05) is 39.6 Å². The molecule has 0 bridgehead atoms. The fourth-order valence-corrected chi connectivity index (χ4v) is 3.78. The standard InChI is InChI=1S/C24H47NO3/c1-2-3-4-5-6-7-8-9-10-11-12-13-14-15-16-17-24(26)22-28-23-25-18-20-27-21-19-25/h2-23H2,1H3. The molecule has 0 N–H and O–H groups in total. The summed E-state index contributed by atoms with van der Waals surface area (Å²) < 4.78 is 10.8. The fraction of sp³-hybridized carbons (Fsp3) is 0.958. The van der Waals surface area contributed by atoms with E-state index in [0.29, 0.717) is 13.2 Å². The highest BCUT2D eigenvalue weighted by atomic mass is 16.5. The molecule has 4 heteroatoms. The van der Waals surface area contributed by atoms with E-state index >= 15 is 0 Å². The molecule has 0 saturated carbocycles. The summed E-state index contributed by atoms with van der Waals surface area (Å²) in [5.41, 5.74) is 0. The molecule has 0 aromatic heterocycles. The summed E-state index contributed by atoms with van der Waals surface area (Å²) in [7, 11) is 0. The van der Waals surface area contributed by atoms with Crippen LogP contribution in [0.4, 0.5) is 0 Å². The van der Waals surface area contributed by atoms with Gasteiger partial charge in [0.25, 0.3) is 0 Å². The average Bonchev–Trinajstić information content (AvgIpc) is 2.71. The van der Waals surface area contributed by atoms with Gasteiger partial charge in [0.1, 0.15) is 6.61 Å². The van der Waals surface area contributed by atoms with Crippen molar-refractivity contribution in [2.24, 2.45) is 0 Å². The number of unbranched alkanes of at least 4 members (excludes halogenated alkanes) is 14. The Morgan fingerprint density at radius 1 is 0.750 bits per heavy atom. The monoisotopic (exact) mass is 397 g/mol. The number of ether oxygens (including phenoxy) is 2. The largest absolute Gasteiger partial charge is 0.379 e. The van der Waals surface area contributed by atoms with Gasteiger partial charge in [0.05, 0.1) is 19.9 Å². The summed E-state index contributed by atoms with van der Waals surface area (Å²) in [6.07, 6.45) is 21.0. The first-order valence-corrected chi connectivity index (χ1v) is 12.2. The van der Waals surface area contributed by atoms with Crippen LogP contribution in [0.1, 0.15) is 110 Å². The van der Waals surface area contributed by atoms with Crippen LogP contribution in [0.25, 0.3) is 0 Å². The number of hydrogen-bond acceptors (Lipinski definition) is 4. The summed E-state index contributed by atoms with van der Waals surface area (Å²) in [4.78, 5) is 14.0. The van der Waals surface area contributed by atoms with Crippen molar-refractivity contribution < 1.29 is 14.3 Å². The number of carbonyl (C=O) groups is 1. The predicted octanol–water partition coefficient (Wildman–Crippen LogP) is 6.12. The van der Waals surface area contributed by atoms with Crippen LogP contribution in [0.2, 0.25) is 0 Å². The Hall–Kier alpha value is -0.450. The zero-order valence-corrected chi connectivity index (χ0v) is 18.7. The highest BCUT2D eigenvalue weighted by molar-refractivity contribution is 5.79. The van der Waals surface area contributed by atoms with Crippen molar-refractivity contribution in [2.45, 2.75) is 110 Å². The first-order chi connectivity index (χ1) is 13.8. The maximum Gasteiger partial charge on any atom is 0.158 e. The maximum atomic E-state index is 11.9. The minimum Gasteiger partial charge on any atom is -0.379 e. The van der Waals surface area contributed by atoms with Gasteiger partial charge in [-0.1, -0.05) is 96.8 Å². The van der Waals surface area contributed by atoms with Crippen molar-refractivity contribution in [1.82, 2.24) is 4.90 Å². The smallest absolute Gasteiger partial charge is 0.158 e. The molecule has 0 unspecified atom stereocenters. The second-order valence-electron chi connectivity index (χ2n) is 8.45. The van der Waals surface area contributed by atoms with Crippen LogP contribution >= 0.6 is 0 Å². The predicted molar refractivity (Wildman–Crippen MR) is 118 cm³/mol. The second-order valence-corrected chi connectivity index (χ2v) is 8.45. The van der Waals surface area contributed by atoms with Gasteiger partial charge in [0.15, 0.2) is 5.78 Å². The van der Waals surface area contributed by atoms with E-state index in [1.165, 1.54) is 89.9 Å². The molecule has 28 heavy (non-hydrogen) atoms. The van der Waals surface area contributed by atoms with Gasteiger partial charge in [-0.05, 0) is 6.42 Å². The van der Waals surface area contributed by atoms with E-state index in [4.69, 9.17) is 9.47 Å². The summed E-state index contributed by atoms with van der Waals surface area (Å²) in [6.45, 7) is 6.49. The first kappa shape index (κ1) is 25.6. The maximum absolute atomic E-state index is 11.9. The number of carbonyl (C=O) groups excluding carboxylic acids is 1. The fourth-order valence-electron chi connectivity index (χ4n) is 3.78. The molecule has 0 amide bonds. The lowest BCUT2D eigenvalue weighted by atomic mass is 10.0. The molecular weight excluding hydrogens is 350 g/mol. The van der Waals surface area contributed by atoms with E-state index in [9.17, 15) is 4.79 Å². The second kappa shape index (κ2) is 19.8. The van der Waals surface area contributed by atoms with Gasteiger partial charge in [-0.25, -0.2) is 0 Å². The van der Waals surface area contributed by atoms with Crippen molar-refractivity contribution in [3.63, 3.8) is 0 Å². The number of nitrogens with zero attached hydrogens (tertiary/aromatic N) is 1. The van der Waals surface area contributed by atoms with Gasteiger partial charge in [-0.2, -0.15) is 0 Å². The van der Waals surface area contributed by atoms with Gasteiger partial charge >= 0.3 is 0 Å². The van der Waals surface area contributed by atoms with Gasteiger partial charge in [-0.15, -0.1) is 0 Å². The molecule has 0 atom stereocenters. The number of Topliss-reactive ketones (excluding diaryl/α,β-unsaturated/α-hetero) is 1.